The SMILES string of the molecule is CC(COc1ccccc1)Oc1ccc(O)cn1. The monoisotopic (exact) mass is 245 g/mol. The van der Waals surface area contributed by atoms with Gasteiger partial charge in [0.2, 0.25) is 5.88 Å². The van der Waals surface area contributed by atoms with Gasteiger partial charge in [-0.05, 0) is 25.1 Å². The molecule has 0 amide bonds. The van der Waals surface area contributed by atoms with E-state index in [0.717, 1.165) is 5.75 Å². The molecule has 0 aliphatic rings. The van der Waals surface area contributed by atoms with Gasteiger partial charge in [-0.1, -0.05) is 18.2 Å². The first-order valence-corrected chi connectivity index (χ1v) is 5.73. The summed E-state index contributed by atoms with van der Waals surface area (Å²) in [7, 11) is 0. The third-order valence-electron chi connectivity index (χ3n) is 2.27. The second-order valence-corrected chi connectivity index (χ2v) is 3.91. The number of para-hydroxylation sites is 1. The van der Waals surface area contributed by atoms with E-state index < -0.39 is 0 Å². The summed E-state index contributed by atoms with van der Waals surface area (Å²) in [6.45, 7) is 2.34. The molecule has 0 spiro atoms. The predicted molar refractivity (Wildman–Crippen MR) is 67.9 cm³/mol. The van der Waals surface area contributed by atoms with E-state index in [9.17, 15) is 0 Å². The lowest BCUT2D eigenvalue weighted by Gasteiger charge is -2.14. The molecular weight excluding hydrogens is 230 g/mol. The first-order chi connectivity index (χ1) is 8.74. The summed E-state index contributed by atoms with van der Waals surface area (Å²) >= 11 is 0. The van der Waals surface area contributed by atoms with Gasteiger partial charge < -0.3 is 14.6 Å². The number of rotatable bonds is 5. The molecule has 1 unspecified atom stereocenters. The minimum Gasteiger partial charge on any atom is -0.506 e. The van der Waals surface area contributed by atoms with Crippen molar-refractivity contribution in [2.75, 3.05) is 6.61 Å². The number of benzene rings is 1. The van der Waals surface area contributed by atoms with Gasteiger partial charge in [0.15, 0.2) is 0 Å². The molecule has 0 saturated heterocycles. The van der Waals surface area contributed by atoms with Gasteiger partial charge in [-0.25, -0.2) is 4.98 Å². The Morgan fingerprint density at radius 3 is 2.61 bits per heavy atom. The number of aromatic nitrogens is 1. The lowest BCUT2D eigenvalue weighted by atomic mass is 10.3. The summed E-state index contributed by atoms with van der Waals surface area (Å²) in [5.41, 5.74) is 0. The summed E-state index contributed by atoms with van der Waals surface area (Å²) < 4.78 is 11.1. The third kappa shape index (κ3) is 3.66. The second-order valence-electron chi connectivity index (χ2n) is 3.91. The summed E-state index contributed by atoms with van der Waals surface area (Å²) in [6.07, 6.45) is 1.22. The van der Waals surface area contributed by atoms with Gasteiger partial charge in [-0.15, -0.1) is 0 Å². The van der Waals surface area contributed by atoms with E-state index in [1.165, 1.54) is 12.3 Å². The molecule has 1 aromatic carbocycles. The van der Waals surface area contributed by atoms with Crippen molar-refractivity contribution in [3.63, 3.8) is 0 Å². The van der Waals surface area contributed by atoms with Crippen molar-refractivity contribution >= 4 is 0 Å². The number of pyridine rings is 1. The molecule has 1 N–H and O–H groups in total. The highest BCUT2D eigenvalue weighted by Crippen LogP contribution is 2.14. The highest BCUT2D eigenvalue weighted by Gasteiger charge is 2.06. The maximum Gasteiger partial charge on any atom is 0.213 e. The predicted octanol–water partition coefficient (Wildman–Crippen LogP) is 2.63. The van der Waals surface area contributed by atoms with E-state index >= 15 is 0 Å². The number of hydrogen-bond acceptors (Lipinski definition) is 4. The molecule has 94 valence electrons. The Labute approximate surface area is 106 Å². The lowest BCUT2D eigenvalue weighted by molar-refractivity contribution is 0.138. The molecule has 1 atom stereocenters. The molecular formula is C14H15NO3. The molecule has 18 heavy (non-hydrogen) atoms. The second kappa shape index (κ2) is 5.91. The van der Waals surface area contributed by atoms with Crippen LogP contribution < -0.4 is 9.47 Å². The normalized spacial score (nSPS) is 11.8. The van der Waals surface area contributed by atoms with Crippen LogP contribution in [0.3, 0.4) is 0 Å². The van der Waals surface area contributed by atoms with Crippen molar-refractivity contribution < 1.29 is 14.6 Å². The molecule has 0 fully saturated rings. The Morgan fingerprint density at radius 2 is 1.94 bits per heavy atom. The Hall–Kier alpha value is -2.23. The molecule has 0 radical (unpaired) electrons. The standard InChI is InChI=1S/C14H15NO3/c1-11(10-17-13-5-3-2-4-6-13)18-14-8-7-12(16)9-15-14/h2-9,11,16H,10H2,1H3. The van der Waals surface area contributed by atoms with Crippen molar-refractivity contribution in [3.8, 4) is 17.4 Å². The van der Waals surface area contributed by atoms with E-state index in [-0.39, 0.29) is 11.9 Å². The average Bonchev–Trinajstić information content (AvgIpc) is 2.40. The Morgan fingerprint density at radius 1 is 1.17 bits per heavy atom. The minimum atomic E-state index is -0.123. The number of hydrogen-bond donors (Lipinski definition) is 1. The minimum absolute atomic E-state index is 0.121. The molecule has 1 heterocycles. The Balaban J connectivity index is 1.82. The number of nitrogens with zero attached hydrogens (tertiary/aromatic N) is 1. The van der Waals surface area contributed by atoms with Gasteiger partial charge in [0.05, 0.1) is 6.20 Å². The summed E-state index contributed by atoms with van der Waals surface area (Å²) in [5, 5.41) is 9.10. The van der Waals surface area contributed by atoms with Gasteiger partial charge in [0.1, 0.15) is 24.2 Å². The summed E-state index contributed by atoms with van der Waals surface area (Å²) in [4.78, 5) is 3.95. The fraction of sp³-hybridized carbons (Fsp3) is 0.214. The van der Waals surface area contributed by atoms with Crippen LogP contribution in [0, 0.1) is 0 Å². The largest absolute Gasteiger partial charge is 0.506 e. The molecule has 2 rings (SSSR count). The van der Waals surface area contributed by atoms with E-state index in [4.69, 9.17) is 14.6 Å². The van der Waals surface area contributed by atoms with Crippen molar-refractivity contribution in [1.82, 2.24) is 4.98 Å². The molecule has 0 saturated carbocycles. The van der Waals surface area contributed by atoms with Gasteiger partial charge in [-0.3, -0.25) is 0 Å². The molecule has 0 bridgehead atoms. The van der Waals surface area contributed by atoms with Crippen LogP contribution in [0.25, 0.3) is 0 Å². The van der Waals surface area contributed by atoms with Crippen molar-refractivity contribution in [1.29, 1.82) is 0 Å². The molecule has 0 aliphatic heterocycles. The van der Waals surface area contributed by atoms with Gasteiger partial charge in [-0.2, -0.15) is 0 Å². The molecule has 2 aromatic rings. The van der Waals surface area contributed by atoms with Gasteiger partial charge in [0, 0.05) is 6.07 Å². The van der Waals surface area contributed by atoms with Gasteiger partial charge >= 0.3 is 0 Å². The zero-order valence-electron chi connectivity index (χ0n) is 10.1. The number of aromatic hydroxyl groups is 1. The van der Waals surface area contributed by atoms with E-state index in [2.05, 4.69) is 4.98 Å². The maximum atomic E-state index is 9.10. The van der Waals surface area contributed by atoms with Crippen molar-refractivity contribution in [2.45, 2.75) is 13.0 Å². The zero-order chi connectivity index (χ0) is 12.8. The molecule has 4 nitrogen and oxygen atoms in total. The summed E-state index contributed by atoms with van der Waals surface area (Å²) in [6, 6.07) is 12.7. The fourth-order valence-corrected chi connectivity index (χ4v) is 1.41. The van der Waals surface area contributed by atoms with E-state index in [1.54, 1.807) is 6.07 Å². The number of ether oxygens (including phenoxy) is 2. The van der Waals surface area contributed by atoms with Crippen LogP contribution in [0.5, 0.6) is 17.4 Å². The highest BCUT2D eigenvalue weighted by atomic mass is 16.5. The first-order valence-electron chi connectivity index (χ1n) is 5.73. The first kappa shape index (κ1) is 12.2. The highest BCUT2D eigenvalue weighted by molar-refractivity contribution is 5.22. The molecule has 1 aromatic heterocycles. The lowest BCUT2D eigenvalue weighted by Crippen LogP contribution is -2.21. The zero-order valence-corrected chi connectivity index (χ0v) is 10.1. The van der Waals surface area contributed by atoms with Gasteiger partial charge in [0.25, 0.3) is 0 Å². The fourth-order valence-electron chi connectivity index (χ4n) is 1.41. The van der Waals surface area contributed by atoms with Crippen LogP contribution in [0.4, 0.5) is 0 Å². The third-order valence-corrected chi connectivity index (χ3v) is 2.27. The van der Waals surface area contributed by atoms with Crippen molar-refractivity contribution in [2.24, 2.45) is 0 Å². The van der Waals surface area contributed by atoms with Crippen LogP contribution in [0.15, 0.2) is 48.7 Å². The van der Waals surface area contributed by atoms with Crippen molar-refractivity contribution in [3.05, 3.63) is 48.7 Å². The topological polar surface area (TPSA) is 51.6 Å². The Kier molecular flexibility index (Phi) is 4.02. The van der Waals surface area contributed by atoms with Crippen LogP contribution in [-0.4, -0.2) is 22.8 Å². The average molecular weight is 245 g/mol. The van der Waals surface area contributed by atoms with Crippen LogP contribution in [0.2, 0.25) is 0 Å². The maximum absolute atomic E-state index is 9.10. The molecule has 0 aliphatic carbocycles. The smallest absolute Gasteiger partial charge is 0.213 e. The summed E-state index contributed by atoms with van der Waals surface area (Å²) in [5.74, 6) is 1.40. The van der Waals surface area contributed by atoms with Crippen LogP contribution in [-0.2, 0) is 0 Å². The molecule has 4 heteroatoms. The van der Waals surface area contributed by atoms with E-state index in [1.807, 2.05) is 37.3 Å². The quantitative estimate of drug-likeness (QED) is 0.879. The Bertz CT molecular complexity index is 470. The van der Waals surface area contributed by atoms with Crippen LogP contribution >= 0.6 is 0 Å². The van der Waals surface area contributed by atoms with E-state index in [0.29, 0.717) is 12.5 Å². The van der Waals surface area contributed by atoms with Crippen LogP contribution in [0.1, 0.15) is 6.92 Å².